The lowest BCUT2D eigenvalue weighted by molar-refractivity contribution is -0.118. The van der Waals surface area contributed by atoms with Gasteiger partial charge in [-0.3, -0.25) is 4.79 Å². The van der Waals surface area contributed by atoms with Crippen LogP contribution in [-0.2, 0) is 4.79 Å². The van der Waals surface area contributed by atoms with E-state index in [1.54, 1.807) is 6.07 Å². The molecule has 1 amide bonds. The quantitative estimate of drug-likeness (QED) is 0.729. The van der Waals surface area contributed by atoms with Crippen molar-refractivity contribution in [3.63, 3.8) is 0 Å². The smallest absolute Gasteiger partial charge is 0.262 e. The number of nitrogens with one attached hydrogen (secondary N) is 2. The predicted molar refractivity (Wildman–Crippen MR) is 75.4 cm³/mol. The molecule has 5 nitrogen and oxygen atoms in total. The Morgan fingerprint density at radius 2 is 2.26 bits per heavy atom. The Morgan fingerprint density at radius 1 is 1.47 bits per heavy atom. The minimum atomic E-state index is -0.129. The fourth-order valence-corrected chi connectivity index (χ4v) is 2.57. The van der Waals surface area contributed by atoms with Gasteiger partial charge in [-0.05, 0) is 31.7 Å². The van der Waals surface area contributed by atoms with E-state index < -0.39 is 0 Å². The van der Waals surface area contributed by atoms with Gasteiger partial charge in [0.1, 0.15) is 5.75 Å². The number of benzene rings is 1. The summed E-state index contributed by atoms with van der Waals surface area (Å²) < 4.78 is 5.34. The molecule has 1 unspecified atom stereocenters. The third-order valence-corrected chi connectivity index (χ3v) is 4.02. The molecule has 0 radical (unpaired) electrons. The molecule has 102 valence electrons. The number of carbonyl (C=O) groups excluding carboxylic acids is 1. The number of hydrogen-bond acceptors (Lipinski definition) is 4. The first-order valence-electron chi connectivity index (χ1n) is 6.76. The molecule has 4 N–H and O–H groups in total. The van der Waals surface area contributed by atoms with E-state index in [4.69, 9.17) is 10.5 Å². The maximum absolute atomic E-state index is 11.3. The Bertz CT molecular complexity index is 512. The van der Waals surface area contributed by atoms with Crippen molar-refractivity contribution in [2.24, 2.45) is 5.92 Å². The van der Waals surface area contributed by atoms with Crippen LogP contribution in [0.1, 0.15) is 26.2 Å². The highest BCUT2D eigenvalue weighted by molar-refractivity contribution is 5.97. The van der Waals surface area contributed by atoms with E-state index in [0.29, 0.717) is 23.2 Å². The molecule has 0 aromatic heterocycles. The highest BCUT2D eigenvalue weighted by Gasteiger charge is 2.25. The number of rotatable bonds is 3. The van der Waals surface area contributed by atoms with Crippen LogP contribution in [0, 0.1) is 5.92 Å². The Kier molecular flexibility index (Phi) is 2.97. The zero-order chi connectivity index (χ0) is 13.4. The third kappa shape index (κ3) is 2.32. The summed E-state index contributed by atoms with van der Waals surface area (Å²) in [5, 5.41) is 6.24. The zero-order valence-corrected chi connectivity index (χ0v) is 11.0. The van der Waals surface area contributed by atoms with E-state index in [-0.39, 0.29) is 12.5 Å². The Morgan fingerprint density at radius 3 is 2.95 bits per heavy atom. The number of nitrogens with two attached hydrogens (primary N) is 1. The molecule has 0 saturated heterocycles. The first kappa shape index (κ1) is 12.1. The molecule has 2 aliphatic rings. The van der Waals surface area contributed by atoms with Gasteiger partial charge in [0.25, 0.3) is 5.91 Å². The second kappa shape index (κ2) is 4.64. The van der Waals surface area contributed by atoms with Crippen molar-refractivity contribution in [1.82, 2.24) is 0 Å². The van der Waals surface area contributed by atoms with Gasteiger partial charge >= 0.3 is 0 Å². The highest BCUT2D eigenvalue weighted by Crippen LogP contribution is 2.37. The number of ether oxygens (including phenoxy) is 1. The molecule has 1 atom stereocenters. The lowest BCUT2D eigenvalue weighted by Gasteiger charge is -2.33. The van der Waals surface area contributed by atoms with Crippen LogP contribution in [0.2, 0.25) is 0 Å². The van der Waals surface area contributed by atoms with Crippen LogP contribution >= 0.6 is 0 Å². The van der Waals surface area contributed by atoms with E-state index in [9.17, 15) is 4.79 Å². The largest absolute Gasteiger partial charge is 0.482 e. The maximum atomic E-state index is 11.3. The molecule has 19 heavy (non-hydrogen) atoms. The standard InChI is InChI=1S/C14H19N3O2/c1-8(9-3-2-4-9)16-11-6-12-13(5-10(11)15)19-7-14(18)17-12/h5-6,8-9,16H,2-4,7,15H2,1H3,(H,17,18). The lowest BCUT2D eigenvalue weighted by Crippen LogP contribution is -2.31. The van der Waals surface area contributed by atoms with Crippen LogP contribution in [-0.4, -0.2) is 18.6 Å². The summed E-state index contributed by atoms with van der Waals surface area (Å²) in [5.41, 5.74) is 8.24. The molecule has 1 aromatic rings. The number of amides is 1. The van der Waals surface area contributed by atoms with Crippen molar-refractivity contribution >= 4 is 23.0 Å². The van der Waals surface area contributed by atoms with Crippen LogP contribution in [0.25, 0.3) is 0 Å². The summed E-state index contributed by atoms with van der Waals surface area (Å²) in [6.45, 7) is 2.23. The van der Waals surface area contributed by atoms with Gasteiger partial charge in [0, 0.05) is 12.1 Å². The molecule has 1 aromatic carbocycles. The minimum Gasteiger partial charge on any atom is -0.482 e. The molecule has 5 heteroatoms. The monoisotopic (exact) mass is 261 g/mol. The number of nitrogen functional groups attached to an aromatic ring is 1. The molecule has 1 fully saturated rings. The molecule has 3 rings (SSSR count). The van der Waals surface area contributed by atoms with Gasteiger partial charge in [0.2, 0.25) is 0 Å². The average Bonchev–Trinajstić information content (AvgIpc) is 2.28. The van der Waals surface area contributed by atoms with Gasteiger partial charge in [0.15, 0.2) is 6.61 Å². The van der Waals surface area contributed by atoms with Crippen LogP contribution in [0.5, 0.6) is 5.75 Å². The van der Waals surface area contributed by atoms with Crippen LogP contribution in [0.4, 0.5) is 17.1 Å². The van der Waals surface area contributed by atoms with Crippen molar-refractivity contribution < 1.29 is 9.53 Å². The van der Waals surface area contributed by atoms with Crippen molar-refractivity contribution in [2.45, 2.75) is 32.2 Å². The fraction of sp³-hybridized carbons (Fsp3) is 0.500. The van der Waals surface area contributed by atoms with Gasteiger partial charge in [-0.25, -0.2) is 0 Å². The second-order valence-corrected chi connectivity index (χ2v) is 5.40. The summed E-state index contributed by atoms with van der Waals surface area (Å²) in [7, 11) is 0. The number of carbonyl (C=O) groups is 1. The van der Waals surface area contributed by atoms with Crippen LogP contribution < -0.4 is 21.1 Å². The predicted octanol–water partition coefficient (Wildman–Crippen LogP) is 2.20. The SMILES string of the molecule is CC(Nc1cc2c(cc1N)OCC(=O)N2)C1CCC1. The Labute approximate surface area is 112 Å². The minimum absolute atomic E-state index is 0.0533. The molecular weight excluding hydrogens is 242 g/mol. The van der Waals surface area contributed by atoms with Gasteiger partial charge in [-0.1, -0.05) is 6.42 Å². The Hall–Kier alpha value is -1.91. The number of hydrogen-bond donors (Lipinski definition) is 3. The normalized spacial score (nSPS) is 19.7. The first-order valence-corrected chi connectivity index (χ1v) is 6.76. The van der Waals surface area contributed by atoms with E-state index in [0.717, 1.165) is 11.6 Å². The molecule has 1 aliphatic heterocycles. The zero-order valence-electron chi connectivity index (χ0n) is 11.0. The van der Waals surface area contributed by atoms with Gasteiger partial charge in [-0.15, -0.1) is 0 Å². The van der Waals surface area contributed by atoms with Gasteiger partial charge in [-0.2, -0.15) is 0 Å². The molecule has 1 aliphatic carbocycles. The summed E-state index contributed by atoms with van der Waals surface area (Å²) in [4.78, 5) is 11.3. The van der Waals surface area contributed by atoms with Gasteiger partial charge in [0.05, 0.1) is 17.1 Å². The molecule has 0 spiro atoms. The highest BCUT2D eigenvalue weighted by atomic mass is 16.5. The van der Waals surface area contributed by atoms with E-state index in [1.807, 2.05) is 6.07 Å². The first-order chi connectivity index (χ1) is 9.13. The lowest BCUT2D eigenvalue weighted by atomic mass is 9.80. The summed E-state index contributed by atoms with van der Waals surface area (Å²) in [6.07, 6.45) is 3.87. The molecule has 1 heterocycles. The number of anilines is 3. The van der Waals surface area contributed by atoms with Crippen molar-refractivity contribution in [3.05, 3.63) is 12.1 Å². The van der Waals surface area contributed by atoms with E-state index in [2.05, 4.69) is 17.6 Å². The topological polar surface area (TPSA) is 76.4 Å². The summed E-state index contributed by atoms with van der Waals surface area (Å²) in [6, 6.07) is 4.02. The summed E-state index contributed by atoms with van der Waals surface area (Å²) in [5.74, 6) is 1.23. The average molecular weight is 261 g/mol. The molecule has 1 saturated carbocycles. The fourth-order valence-electron chi connectivity index (χ4n) is 2.57. The number of fused-ring (bicyclic) bond motifs is 1. The molecular formula is C14H19N3O2. The van der Waals surface area contributed by atoms with Gasteiger partial charge < -0.3 is 21.1 Å². The van der Waals surface area contributed by atoms with E-state index in [1.165, 1.54) is 19.3 Å². The van der Waals surface area contributed by atoms with E-state index >= 15 is 0 Å². The Balaban J connectivity index is 1.80. The summed E-state index contributed by atoms with van der Waals surface area (Å²) >= 11 is 0. The van der Waals surface area contributed by atoms with Crippen LogP contribution in [0.3, 0.4) is 0 Å². The second-order valence-electron chi connectivity index (χ2n) is 5.40. The van der Waals surface area contributed by atoms with Crippen molar-refractivity contribution in [3.8, 4) is 5.75 Å². The maximum Gasteiger partial charge on any atom is 0.262 e. The third-order valence-electron chi connectivity index (χ3n) is 4.02. The van der Waals surface area contributed by atoms with Crippen molar-refractivity contribution in [2.75, 3.05) is 23.0 Å². The van der Waals surface area contributed by atoms with Crippen LogP contribution in [0.15, 0.2) is 12.1 Å². The van der Waals surface area contributed by atoms with Crippen molar-refractivity contribution in [1.29, 1.82) is 0 Å². The molecule has 0 bridgehead atoms.